The smallest absolute Gasteiger partial charge is 0.257 e. The summed E-state index contributed by atoms with van der Waals surface area (Å²) in [7, 11) is 0. The Kier molecular flexibility index (Phi) is 3.18. The van der Waals surface area contributed by atoms with Crippen LogP contribution in [-0.4, -0.2) is 25.9 Å². The van der Waals surface area contributed by atoms with E-state index >= 15 is 0 Å². The average Bonchev–Trinajstić information content (AvgIpc) is 1.85. The lowest BCUT2D eigenvalue weighted by atomic mass is 10.8. The zero-order chi connectivity index (χ0) is 7.56. The number of hydrogen-bond donors (Lipinski definition) is 3. The summed E-state index contributed by atoms with van der Waals surface area (Å²) in [6, 6.07) is 0. The third kappa shape index (κ3) is 2.33. The number of nitrogens with two attached hydrogens (primary N) is 2. The third-order valence-electron chi connectivity index (χ3n) is 0.755. The van der Waals surface area contributed by atoms with Crippen LogP contribution in [0.3, 0.4) is 0 Å². The lowest BCUT2D eigenvalue weighted by Crippen LogP contribution is -2.04. The molecule has 1 rings (SSSR count). The van der Waals surface area contributed by atoms with Crippen molar-refractivity contribution in [1.29, 1.82) is 0 Å². The summed E-state index contributed by atoms with van der Waals surface area (Å²) >= 11 is 0. The van der Waals surface area contributed by atoms with E-state index in [9.17, 15) is 4.48 Å². The van der Waals surface area contributed by atoms with E-state index in [2.05, 4.69) is 15.0 Å². The molecule has 0 saturated heterocycles. The number of anilines is 3. The highest BCUT2D eigenvalue weighted by Crippen LogP contribution is 2.02. The largest absolute Gasteiger partial charge is 0.368 e. The van der Waals surface area contributed by atoms with Gasteiger partial charge in [0.15, 0.2) is 0 Å². The number of hydrogen-bond acceptors (Lipinski definition) is 6. The van der Waals surface area contributed by atoms with Gasteiger partial charge >= 0.3 is 0 Å². The maximum Gasteiger partial charge on any atom is 0.257 e. The molecule has 1 aromatic heterocycles. The maximum absolute atomic E-state index is 11.6. The molecule has 0 saturated carbocycles. The molecule has 5 N–H and O–H groups in total. The second-order valence-corrected chi connectivity index (χ2v) is 1.47. The van der Waals surface area contributed by atoms with Gasteiger partial charge in [-0.05, 0) is 11.0 Å². The summed E-state index contributed by atoms with van der Waals surface area (Å²) < 4.78 is 11.6. The van der Waals surface area contributed by atoms with E-state index in [1.165, 1.54) is 5.54 Å². The van der Waals surface area contributed by atoms with Gasteiger partial charge in [0.1, 0.15) is 0 Å². The maximum atomic E-state index is 11.6. The summed E-state index contributed by atoms with van der Waals surface area (Å²) in [5.41, 5.74) is 11.4. The summed E-state index contributed by atoms with van der Waals surface area (Å²) in [6.45, 7) is 0. The van der Waals surface area contributed by atoms with Crippen LogP contribution in [0.2, 0.25) is 0 Å². The van der Waals surface area contributed by atoms with Crippen LogP contribution in [0.15, 0.2) is 0 Å². The predicted molar refractivity (Wildman–Crippen MR) is 44.7 cm³/mol. The molecule has 0 aromatic carbocycles. The Labute approximate surface area is 66.2 Å². The lowest BCUT2D eigenvalue weighted by Gasteiger charge is -1.96. The fourth-order valence-corrected chi connectivity index (χ4v) is 0.452. The molecule has 1 aromatic rings. The Bertz CT molecular complexity index is 221. The van der Waals surface area contributed by atoms with Crippen LogP contribution in [0.25, 0.3) is 0 Å². The first-order valence-electron chi connectivity index (χ1n) is 2.36. The lowest BCUT2D eigenvalue weighted by molar-refractivity contribution is 0.604. The minimum absolute atomic E-state index is 0. The number of halogens is 1. The van der Waals surface area contributed by atoms with Gasteiger partial charge in [0.05, 0.1) is 0 Å². The molecule has 0 fully saturated rings. The summed E-state index contributed by atoms with van der Waals surface area (Å²) in [4.78, 5) is 10.1. The normalized spacial score (nSPS) is 8.45. The summed E-state index contributed by atoms with van der Waals surface area (Å²) in [5.74, 6) is -0.523. The van der Waals surface area contributed by atoms with Crippen molar-refractivity contribution in [3.8, 4) is 0 Å². The van der Waals surface area contributed by atoms with E-state index in [1.54, 1.807) is 0 Å². The van der Waals surface area contributed by atoms with Gasteiger partial charge in [0.2, 0.25) is 11.9 Å². The van der Waals surface area contributed by atoms with Crippen molar-refractivity contribution in [2.75, 3.05) is 17.0 Å². The van der Waals surface area contributed by atoms with Crippen molar-refractivity contribution in [1.82, 2.24) is 15.0 Å². The highest BCUT2D eigenvalue weighted by molar-refractivity contribution is 5.75. The molecule has 0 spiro atoms. The Morgan fingerprint density at radius 2 is 1.55 bits per heavy atom. The second kappa shape index (κ2) is 3.66. The number of rotatable bonds is 1. The first kappa shape index (κ1) is 9.56. The topological polar surface area (TPSA) is 103 Å². The molecule has 0 aliphatic heterocycles. The molecule has 11 heavy (non-hydrogen) atoms. The van der Waals surface area contributed by atoms with E-state index in [0.29, 0.717) is 0 Å². The van der Waals surface area contributed by atoms with Gasteiger partial charge in [0, 0.05) is 0 Å². The van der Waals surface area contributed by atoms with Crippen molar-refractivity contribution in [2.24, 2.45) is 0 Å². The van der Waals surface area contributed by atoms with Crippen molar-refractivity contribution in [2.45, 2.75) is 0 Å². The van der Waals surface area contributed by atoms with Crippen LogP contribution in [0.4, 0.5) is 22.3 Å². The third-order valence-corrected chi connectivity index (χ3v) is 0.755. The van der Waals surface area contributed by atoms with E-state index in [0.717, 1.165) is 0 Å². The van der Waals surface area contributed by atoms with Gasteiger partial charge in [-0.2, -0.15) is 20.5 Å². The average molecular weight is 176 g/mol. The van der Waals surface area contributed by atoms with Crippen molar-refractivity contribution < 1.29 is 4.48 Å². The van der Waals surface area contributed by atoms with Gasteiger partial charge in [-0.25, -0.2) is 0 Å². The monoisotopic (exact) mass is 176 g/mol. The zero-order valence-electron chi connectivity index (χ0n) is 4.87. The second-order valence-electron chi connectivity index (χ2n) is 1.47. The standard InChI is InChI=1S/C3H5FN6.H4Si/c4-10-3-8-1(5)7-2(6)9-3;/h(H5,5,6,7,8,9,10);1H4. The summed E-state index contributed by atoms with van der Waals surface area (Å²) in [5, 5.41) is 0. The highest BCUT2D eigenvalue weighted by Gasteiger charge is 1.98. The molecular formula is C3H9FN6Si. The fraction of sp³-hybridized carbons (Fsp3) is 0. The number of nitrogens with zero attached hydrogens (tertiary/aromatic N) is 3. The van der Waals surface area contributed by atoms with Crippen LogP contribution >= 0.6 is 0 Å². The predicted octanol–water partition coefficient (Wildman–Crippen LogP) is -2.12. The van der Waals surface area contributed by atoms with Crippen LogP contribution in [-0.2, 0) is 0 Å². The molecule has 0 amide bonds. The Hall–Kier alpha value is -1.44. The minimum atomic E-state index is -0.287. The van der Waals surface area contributed by atoms with E-state index in [4.69, 9.17) is 11.5 Å². The van der Waals surface area contributed by atoms with Crippen LogP contribution in [0, 0.1) is 0 Å². The first-order valence-corrected chi connectivity index (χ1v) is 2.36. The molecule has 0 unspecified atom stereocenters. The highest BCUT2D eigenvalue weighted by atomic mass is 28.1. The molecule has 0 aliphatic carbocycles. The van der Waals surface area contributed by atoms with Gasteiger partial charge in [-0.15, -0.1) is 4.48 Å². The molecule has 0 aliphatic rings. The SMILES string of the molecule is Nc1nc(N)nc(NF)n1.[SiH4]. The van der Waals surface area contributed by atoms with Crippen molar-refractivity contribution in [3.05, 3.63) is 0 Å². The van der Waals surface area contributed by atoms with Crippen molar-refractivity contribution >= 4 is 28.8 Å². The number of aromatic nitrogens is 3. The van der Waals surface area contributed by atoms with E-state index < -0.39 is 0 Å². The minimum Gasteiger partial charge on any atom is -0.368 e. The molecule has 0 atom stereocenters. The molecule has 1 heterocycles. The molecule has 0 bridgehead atoms. The number of nitrogen functional groups attached to an aromatic ring is 2. The number of nitrogens with one attached hydrogen (secondary N) is 1. The zero-order valence-corrected chi connectivity index (χ0v) is 4.87. The Morgan fingerprint density at radius 1 is 1.09 bits per heavy atom. The van der Waals surface area contributed by atoms with Gasteiger partial charge in [-0.1, -0.05) is 0 Å². The molecular weight excluding hydrogens is 167 g/mol. The van der Waals surface area contributed by atoms with Crippen LogP contribution in [0.5, 0.6) is 0 Å². The Balaban J connectivity index is 0.000001000. The molecule has 0 radical (unpaired) electrons. The molecule has 8 heteroatoms. The van der Waals surface area contributed by atoms with Gasteiger partial charge < -0.3 is 11.5 Å². The van der Waals surface area contributed by atoms with Gasteiger partial charge in [0.25, 0.3) is 5.95 Å². The fourth-order valence-electron chi connectivity index (χ4n) is 0.452. The van der Waals surface area contributed by atoms with Crippen LogP contribution < -0.4 is 17.0 Å². The first-order chi connectivity index (χ1) is 4.72. The van der Waals surface area contributed by atoms with Crippen molar-refractivity contribution in [3.63, 3.8) is 0 Å². The molecule has 62 valence electrons. The summed E-state index contributed by atoms with van der Waals surface area (Å²) in [6.07, 6.45) is 0. The van der Waals surface area contributed by atoms with Gasteiger partial charge in [-0.3, -0.25) is 0 Å². The van der Waals surface area contributed by atoms with E-state index in [1.807, 2.05) is 0 Å². The van der Waals surface area contributed by atoms with E-state index in [-0.39, 0.29) is 28.8 Å². The Morgan fingerprint density at radius 3 is 1.91 bits per heavy atom. The molecule has 6 nitrogen and oxygen atoms in total. The van der Waals surface area contributed by atoms with Crippen LogP contribution in [0.1, 0.15) is 0 Å². The quantitative estimate of drug-likeness (QED) is 0.334.